The number of halogens is 3. The van der Waals surface area contributed by atoms with Gasteiger partial charge in [-0.3, -0.25) is 5.41 Å². The quantitative estimate of drug-likeness (QED) is 0.268. The Morgan fingerprint density at radius 2 is 1.92 bits per heavy atom. The van der Waals surface area contributed by atoms with Gasteiger partial charge >= 0.3 is 6.09 Å². The van der Waals surface area contributed by atoms with Crippen LogP contribution in [0.25, 0.3) is 0 Å². The van der Waals surface area contributed by atoms with Crippen LogP contribution in [0.3, 0.4) is 0 Å². The van der Waals surface area contributed by atoms with Crippen molar-refractivity contribution in [1.29, 1.82) is 5.41 Å². The molecule has 192 valence electrons. The molecule has 0 saturated carbocycles. The van der Waals surface area contributed by atoms with Gasteiger partial charge < -0.3 is 25.0 Å². The number of amides is 1. The highest BCUT2D eigenvalue weighted by atomic mass is 35.5. The Morgan fingerprint density at radius 3 is 2.59 bits per heavy atom. The van der Waals surface area contributed by atoms with E-state index in [1.807, 2.05) is 12.1 Å². The summed E-state index contributed by atoms with van der Waals surface area (Å²) in [7, 11) is 1.39. The van der Waals surface area contributed by atoms with Gasteiger partial charge in [0.15, 0.2) is 0 Å². The molecule has 0 aliphatic carbocycles. The second kappa shape index (κ2) is 9.68. The van der Waals surface area contributed by atoms with Gasteiger partial charge in [0.05, 0.1) is 17.8 Å². The number of anilines is 2. The molecule has 1 aromatic carbocycles. The highest BCUT2D eigenvalue weighted by Gasteiger charge is 2.53. The van der Waals surface area contributed by atoms with Crippen molar-refractivity contribution in [3.8, 4) is 5.75 Å². The number of nitrogen functional groups attached to an aromatic ring is 1. The van der Waals surface area contributed by atoms with Crippen molar-refractivity contribution in [3.05, 3.63) is 75.4 Å². The summed E-state index contributed by atoms with van der Waals surface area (Å²) in [6.45, 7) is 2.91. The zero-order valence-electron chi connectivity index (χ0n) is 19.8. The molecule has 1 spiro atoms. The lowest BCUT2D eigenvalue weighted by molar-refractivity contribution is -0.0153. The minimum atomic E-state index is -0.829. The maximum atomic E-state index is 13.7. The Kier molecular flexibility index (Phi) is 6.55. The zero-order chi connectivity index (χ0) is 26.3. The largest absolute Gasteiger partial charge is 0.489 e. The second-order valence-electron chi connectivity index (χ2n) is 9.19. The summed E-state index contributed by atoms with van der Waals surface area (Å²) in [6, 6.07) is 8.60. The predicted molar refractivity (Wildman–Crippen MR) is 138 cm³/mol. The van der Waals surface area contributed by atoms with E-state index in [1.54, 1.807) is 29.3 Å². The van der Waals surface area contributed by atoms with E-state index in [0.29, 0.717) is 35.7 Å². The molecule has 0 atom stereocenters. The molecule has 3 aromatic rings. The maximum absolute atomic E-state index is 13.7. The molecular formula is C25H23Cl2FN6O3. The monoisotopic (exact) mass is 544 g/mol. The number of nitrogens with zero attached hydrogens (tertiary/aromatic N) is 4. The molecule has 2 fully saturated rings. The molecule has 2 saturated heterocycles. The number of methoxy groups -OCH3 is 1. The van der Waals surface area contributed by atoms with Crippen LogP contribution in [0.4, 0.5) is 20.7 Å². The first-order valence-corrected chi connectivity index (χ1v) is 12.1. The Bertz CT molecular complexity index is 1370. The number of benzene rings is 1. The fourth-order valence-electron chi connectivity index (χ4n) is 4.63. The first-order chi connectivity index (χ1) is 17.7. The van der Waals surface area contributed by atoms with Crippen molar-refractivity contribution in [2.45, 2.75) is 6.61 Å². The third-order valence-electron chi connectivity index (χ3n) is 6.60. The van der Waals surface area contributed by atoms with Gasteiger partial charge in [0.2, 0.25) is 5.95 Å². The van der Waals surface area contributed by atoms with Gasteiger partial charge in [0, 0.05) is 66.4 Å². The molecule has 1 amide bonds. The summed E-state index contributed by atoms with van der Waals surface area (Å²) in [5.74, 6) is 0.391. The van der Waals surface area contributed by atoms with E-state index in [4.69, 9.17) is 43.8 Å². The van der Waals surface area contributed by atoms with Gasteiger partial charge in [-0.25, -0.2) is 14.8 Å². The second-order valence-corrected chi connectivity index (χ2v) is 9.97. The number of carbonyl (C=O) groups excluding carboxylic acids is 1. The summed E-state index contributed by atoms with van der Waals surface area (Å²) < 4.78 is 24.2. The number of hydrogen-bond donors (Lipinski definition) is 2. The zero-order valence-corrected chi connectivity index (χ0v) is 21.3. The van der Waals surface area contributed by atoms with Crippen molar-refractivity contribution in [2.24, 2.45) is 5.41 Å². The summed E-state index contributed by atoms with van der Waals surface area (Å²) >= 11 is 12.0. The number of rotatable bonds is 6. The first kappa shape index (κ1) is 25.0. The molecular weight excluding hydrogens is 522 g/mol. The van der Waals surface area contributed by atoms with Crippen molar-refractivity contribution in [2.75, 3.05) is 43.9 Å². The summed E-state index contributed by atoms with van der Waals surface area (Å²) in [5.41, 5.74) is 8.16. The number of nitrogens with one attached hydrogen (secondary N) is 1. The van der Waals surface area contributed by atoms with E-state index in [0.717, 1.165) is 18.9 Å². The standard InChI is InChI=1S/C25H23Cl2FN6O3/c1-36-24(35)34-12-25(13-34)10-33(11-25)20-5-2-14(7-31-20)22(30)16-6-15(3-4-19(16)29)37-9-17-18(26)8-32-23(28)21(17)27/h2-8,30H,9-13,29H2,1H3. The maximum Gasteiger partial charge on any atom is 0.409 e. The van der Waals surface area contributed by atoms with E-state index in [1.165, 1.54) is 13.3 Å². The van der Waals surface area contributed by atoms with Crippen molar-refractivity contribution < 1.29 is 18.7 Å². The van der Waals surface area contributed by atoms with Crippen LogP contribution in [0, 0.1) is 16.8 Å². The number of ether oxygens (including phenoxy) is 2. The summed E-state index contributed by atoms with van der Waals surface area (Å²) in [5, 5.41) is 8.67. The molecule has 5 rings (SSSR count). The smallest absolute Gasteiger partial charge is 0.409 e. The number of likely N-dealkylation sites (tertiary alicyclic amines) is 1. The lowest BCUT2D eigenvalue weighted by atomic mass is 9.73. The molecule has 0 radical (unpaired) electrons. The third-order valence-corrected chi connectivity index (χ3v) is 7.31. The number of hydrogen-bond acceptors (Lipinski definition) is 8. The molecule has 3 N–H and O–H groups in total. The van der Waals surface area contributed by atoms with Crippen molar-refractivity contribution >= 4 is 46.5 Å². The fraction of sp³-hybridized carbons (Fsp3) is 0.280. The van der Waals surface area contributed by atoms with E-state index in [-0.39, 0.29) is 39.4 Å². The van der Waals surface area contributed by atoms with E-state index >= 15 is 0 Å². The molecule has 0 bridgehead atoms. The van der Waals surface area contributed by atoms with E-state index in [2.05, 4.69) is 14.9 Å². The number of nitrogens with two attached hydrogens (primary N) is 1. The highest BCUT2D eigenvalue weighted by Crippen LogP contribution is 2.41. The van der Waals surface area contributed by atoms with Gasteiger partial charge in [0.1, 0.15) is 23.2 Å². The number of carbonyl (C=O) groups is 1. The topological polar surface area (TPSA) is 118 Å². The Balaban J connectivity index is 1.23. The van der Waals surface area contributed by atoms with Crippen LogP contribution in [0.1, 0.15) is 16.7 Å². The average molecular weight is 545 g/mol. The molecule has 0 unspecified atom stereocenters. The lowest BCUT2D eigenvalue weighted by Gasteiger charge is -2.59. The lowest BCUT2D eigenvalue weighted by Crippen LogP contribution is -2.73. The average Bonchev–Trinajstić information content (AvgIpc) is 2.85. The van der Waals surface area contributed by atoms with E-state index < -0.39 is 5.95 Å². The van der Waals surface area contributed by atoms with Crippen molar-refractivity contribution in [3.63, 3.8) is 0 Å². The van der Waals surface area contributed by atoms with Gasteiger partial charge in [-0.15, -0.1) is 0 Å². The highest BCUT2D eigenvalue weighted by molar-refractivity contribution is 6.35. The molecule has 9 nitrogen and oxygen atoms in total. The first-order valence-electron chi connectivity index (χ1n) is 11.3. The van der Waals surface area contributed by atoms with Crippen LogP contribution in [-0.4, -0.2) is 60.0 Å². The van der Waals surface area contributed by atoms with Crippen molar-refractivity contribution in [1.82, 2.24) is 14.9 Å². The normalized spacial score (nSPS) is 15.7. The minimum Gasteiger partial charge on any atom is -0.489 e. The molecule has 2 aliphatic rings. The third kappa shape index (κ3) is 4.74. The fourth-order valence-corrected chi connectivity index (χ4v) is 5.08. The molecule has 12 heteroatoms. The Hall–Kier alpha value is -3.63. The molecule has 37 heavy (non-hydrogen) atoms. The minimum absolute atomic E-state index is 0.0846. The number of aromatic nitrogens is 2. The predicted octanol–water partition coefficient (Wildman–Crippen LogP) is 4.39. The summed E-state index contributed by atoms with van der Waals surface area (Å²) in [6.07, 6.45) is 2.51. The van der Waals surface area contributed by atoms with Crippen LogP contribution in [-0.2, 0) is 11.3 Å². The van der Waals surface area contributed by atoms with E-state index in [9.17, 15) is 9.18 Å². The van der Waals surface area contributed by atoms with Crippen LogP contribution in [0.5, 0.6) is 5.75 Å². The summed E-state index contributed by atoms with van der Waals surface area (Å²) in [4.78, 5) is 23.4. The molecule has 2 aromatic heterocycles. The van der Waals surface area contributed by atoms with Crippen LogP contribution in [0.15, 0.2) is 42.7 Å². The van der Waals surface area contributed by atoms with Crippen LogP contribution >= 0.6 is 23.2 Å². The van der Waals surface area contributed by atoms with Gasteiger partial charge in [0.25, 0.3) is 0 Å². The van der Waals surface area contributed by atoms with Gasteiger partial charge in [-0.05, 0) is 30.3 Å². The molecule has 4 heterocycles. The van der Waals surface area contributed by atoms with Crippen LogP contribution in [0.2, 0.25) is 10.0 Å². The van der Waals surface area contributed by atoms with Gasteiger partial charge in [-0.1, -0.05) is 23.2 Å². The SMILES string of the molecule is COC(=O)N1CC2(C1)CN(c1ccc(C(=N)c3cc(OCc4c(Cl)cnc(F)c4Cl)ccc3N)cn1)C2. The Morgan fingerprint density at radius 1 is 1.16 bits per heavy atom. The number of pyridine rings is 2. The van der Waals surface area contributed by atoms with Crippen LogP contribution < -0.4 is 15.4 Å². The van der Waals surface area contributed by atoms with Gasteiger partial charge in [-0.2, -0.15) is 4.39 Å². The molecule has 2 aliphatic heterocycles. The Labute approximate surface area is 222 Å².